The minimum absolute atomic E-state index is 0.0118. The first-order valence-corrected chi connectivity index (χ1v) is 21.6. The Kier molecular flexibility index (Phi) is 16.2. The number of nitrogens with zero attached hydrogens (tertiary/aromatic N) is 5. The van der Waals surface area contributed by atoms with Gasteiger partial charge in [-0.25, -0.2) is 0 Å². The lowest BCUT2D eigenvalue weighted by molar-refractivity contribution is -0.385. The number of carbonyl (C=O) groups is 4. The summed E-state index contributed by atoms with van der Waals surface area (Å²) in [7, 11) is 0. The van der Waals surface area contributed by atoms with Crippen molar-refractivity contribution in [2.24, 2.45) is 16.5 Å². The van der Waals surface area contributed by atoms with Gasteiger partial charge in [0, 0.05) is 31.5 Å². The Balaban J connectivity index is 1.49. The monoisotopic (exact) mass is 929 g/mol. The van der Waals surface area contributed by atoms with Gasteiger partial charge in [0.25, 0.3) is 11.4 Å². The predicted molar refractivity (Wildman–Crippen MR) is 249 cm³/mol. The highest BCUT2D eigenvalue weighted by Crippen LogP contribution is 2.33. The van der Waals surface area contributed by atoms with E-state index in [1.165, 1.54) is 31.2 Å². The highest BCUT2D eigenvalue weighted by Gasteiger charge is 2.42. The molecule has 0 spiro atoms. The minimum atomic E-state index is -1.57. The molecule has 1 aliphatic heterocycles. The first-order chi connectivity index (χ1) is 32.6. The van der Waals surface area contributed by atoms with Crippen LogP contribution in [0.5, 0.6) is 17.2 Å². The van der Waals surface area contributed by atoms with Crippen molar-refractivity contribution in [3.05, 3.63) is 169 Å². The average molecular weight is 930 g/mol. The molecule has 0 radical (unpaired) electrons. The lowest BCUT2D eigenvalue weighted by atomic mass is 9.97. The van der Waals surface area contributed by atoms with E-state index in [0.717, 1.165) is 27.5 Å². The SMILES string of the molecule is C[C@@H]1NC(=O)[C@H](Cc2ccccc2)N(Cc2c(O)cccc2[N+](=O)[O-])C(=O)[C@H](CCCN=C(N)N)NC(=O)[C@H](Cc2ccc(OCc3ccccc3)cc2)N(Cc2c(O)cccc2[N+](=O)[O-])C1=O. The van der Waals surface area contributed by atoms with Crippen molar-refractivity contribution in [3.63, 3.8) is 0 Å². The second-order valence-corrected chi connectivity index (χ2v) is 16.1. The first kappa shape index (κ1) is 48.9. The zero-order valence-electron chi connectivity index (χ0n) is 37.0. The Labute approximate surface area is 390 Å². The predicted octanol–water partition coefficient (Wildman–Crippen LogP) is 4.13. The first-order valence-electron chi connectivity index (χ1n) is 21.6. The van der Waals surface area contributed by atoms with Gasteiger partial charge in [-0.2, -0.15) is 0 Å². The second-order valence-electron chi connectivity index (χ2n) is 16.1. The van der Waals surface area contributed by atoms with Crippen molar-refractivity contribution in [1.82, 2.24) is 20.4 Å². The lowest BCUT2D eigenvalue weighted by Gasteiger charge is -2.38. The fraction of sp³-hybridized carbons (Fsp3) is 0.271. The number of aromatic hydroxyl groups is 2. The molecule has 0 bridgehead atoms. The number of nitro groups is 2. The molecular weight excluding hydrogens is 879 g/mol. The molecule has 1 fully saturated rings. The number of guanidine groups is 1. The van der Waals surface area contributed by atoms with Gasteiger partial charge in [0.05, 0.1) is 34.1 Å². The molecule has 0 saturated carbocycles. The van der Waals surface area contributed by atoms with Gasteiger partial charge in [-0.1, -0.05) is 84.9 Å². The van der Waals surface area contributed by atoms with Gasteiger partial charge in [0.1, 0.15) is 48.0 Å². The third-order valence-corrected chi connectivity index (χ3v) is 11.4. The Morgan fingerprint density at radius 2 is 1.15 bits per heavy atom. The van der Waals surface area contributed by atoms with Gasteiger partial charge in [0.15, 0.2) is 5.96 Å². The molecule has 1 heterocycles. The van der Waals surface area contributed by atoms with E-state index in [2.05, 4.69) is 15.6 Å². The van der Waals surface area contributed by atoms with Crippen LogP contribution in [0.1, 0.15) is 47.6 Å². The molecule has 20 nitrogen and oxygen atoms in total. The number of nitrogens with two attached hydrogens (primary N) is 2. The number of carbonyl (C=O) groups excluding carboxylic acids is 4. The second kappa shape index (κ2) is 22.6. The standard InChI is InChI=1S/C48H51N9O11/c1-30-46(62)54(27-35-38(56(64)65)16-8-18-42(35)58)41(26-32-20-22-34(23-21-32)68-29-33-13-6-3-7-14-33)45(61)53-37(15-10-24-51-48(49)50)47(63)55(28-36-39(57(66)67)17-9-19-43(36)59)40(44(60)52-30)25-31-11-4-2-5-12-31/h2-9,11-14,16-23,30,37,40-41,58-59H,10,15,24-29H2,1H3,(H,52,60)(H,53,61)(H4,49,50,51)/t30-,37-,40-,41-/m0/s1. The van der Waals surface area contributed by atoms with Crippen molar-refractivity contribution in [2.75, 3.05) is 6.54 Å². The molecule has 0 aliphatic carbocycles. The van der Waals surface area contributed by atoms with Crippen molar-refractivity contribution in [3.8, 4) is 17.2 Å². The summed E-state index contributed by atoms with van der Waals surface area (Å²) in [5, 5.41) is 52.2. The number of aliphatic imine (C=N–C) groups is 1. The van der Waals surface area contributed by atoms with Crippen LogP contribution in [0.25, 0.3) is 0 Å². The molecule has 20 heteroatoms. The molecule has 0 aromatic heterocycles. The number of hydrogen-bond donors (Lipinski definition) is 6. The summed E-state index contributed by atoms with van der Waals surface area (Å²) < 4.78 is 5.96. The Morgan fingerprint density at radius 3 is 1.66 bits per heavy atom. The largest absolute Gasteiger partial charge is 0.507 e. The van der Waals surface area contributed by atoms with E-state index in [4.69, 9.17) is 16.2 Å². The number of phenols is 2. The van der Waals surface area contributed by atoms with Crippen molar-refractivity contribution < 1.29 is 44.0 Å². The van der Waals surface area contributed by atoms with Gasteiger partial charge in [-0.05, 0) is 60.7 Å². The van der Waals surface area contributed by atoms with E-state index < -0.39 is 93.6 Å². The molecule has 68 heavy (non-hydrogen) atoms. The topological polar surface area (TPSA) is 299 Å². The van der Waals surface area contributed by atoms with Crippen LogP contribution in [0.2, 0.25) is 0 Å². The molecule has 4 atom stereocenters. The number of rotatable bonds is 17. The van der Waals surface area contributed by atoms with Crippen LogP contribution in [0, 0.1) is 20.2 Å². The van der Waals surface area contributed by atoms with Crippen molar-refractivity contribution >= 4 is 41.0 Å². The lowest BCUT2D eigenvalue weighted by Crippen LogP contribution is -2.63. The molecule has 1 saturated heterocycles. The smallest absolute Gasteiger partial charge is 0.278 e. The molecule has 0 unspecified atom stereocenters. The zero-order chi connectivity index (χ0) is 48.9. The molecule has 6 rings (SSSR count). The number of hydrogen-bond acceptors (Lipinski definition) is 12. The summed E-state index contributed by atoms with van der Waals surface area (Å²) in [6.45, 7) is 0.189. The van der Waals surface area contributed by atoms with Crippen molar-refractivity contribution in [1.29, 1.82) is 0 Å². The number of nitro benzene ring substituents is 2. The van der Waals surface area contributed by atoms with Crippen LogP contribution >= 0.6 is 0 Å². The van der Waals surface area contributed by atoms with Gasteiger partial charge in [-0.3, -0.25) is 44.4 Å². The van der Waals surface area contributed by atoms with Gasteiger partial charge in [0.2, 0.25) is 23.6 Å². The molecule has 1 aliphatic rings. The summed E-state index contributed by atoms with van der Waals surface area (Å²) in [5.41, 5.74) is 11.4. The molecule has 8 N–H and O–H groups in total. The summed E-state index contributed by atoms with van der Waals surface area (Å²) in [4.78, 5) is 89.4. The molecule has 5 aromatic rings. The Hall–Kier alpha value is -8.55. The quantitative estimate of drug-likeness (QED) is 0.0252. The molecule has 354 valence electrons. The highest BCUT2D eigenvalue weighted by molar-refractivity contribution is 5.98. The van der Waals surface area contributed by atoms with E-state index in [-0.39, 0.29) is 55.9 Å². The normalized spacial score (nSPS) is 17.8. The van der Waals surface area contributed by atoms with Gasteiger partial charge in [-0.15, -0.1) is 0 Å². The van der Waals surface area contributed by atoms with Crippen LogP contribution in [0.3, 0.4) is 0 Å². The maximum absolute atomic E-state index is 15.3. The number of nitrogens with one attached hydrogen (secondary N) is 2. The van der Waals surface area contributed by atoms with Crippen molar-refractivity contribution in [2.45, 2.75) is 76.5 Å². The summed E-state index contributed by atoms with van der Waals surface area (Å²) in [6.07, 6.45) is -0.543. The Morgan fingerprint density at radius 1 is 0.662 bits per heavy atom. The van der Waals surface area contributed by atoms with Crippen LogP contribution in [-0.4, -0.2) is 90.2 Å². The fourth-order valence-electron chi connectivity index (χ4n) is 7.88. The summed E-state index contributed by atoms with van der Waals surface area (Å²) in [6, 6.07) is 25.6. The van der Waals surface area contributed by atoms with Gasteiger partial charge >= 0.3 is 0 Å². The molecule has 5 aromatic carbocycles. The van der Waals surface area contributed by atoms with Crippen LogP contribution in [0.15, 0.2) is 126 Å². The number of ether oxygens (including phenoxy) is 1. The van der Waals surface area contributed by atoms with Crippen LogP contribution in [-0.2, 0) is 51.7 Å². The maximum atomic E-state index is 15.3. The third-order valence-electron chi connectivity index (χ3n) is 11.4. The highest BCUT2D eigenvalue weighted by atomic mass is 16.6. The van der Waals surface area contributed by atoms with E-state index in [1.807, 2.05) is 30.3 Å². The van der Waals surface area contributed by atoms with Gasteiger partial charge < -0.3 is 46.9 Å². The number of amides is 4. The van der Waals surface area contributed by atoms with E-state index in [1.54, 1.807) is 54.6 Å². The average Bonchev–Trinajstić information content (AvgIpc) is 3.32. The third kappa shape index (κ3) is 12.4. The van der Waals surface area contributed by atoms with E-state index >= 15 is 9.59 Å². The maximum Gasteiger partial charge on any atom is 0.278 e. The zero-order valence-corrected chi connectivity index (χ0v) is 37.0. The van der Waals surface area contributed by atoms with Crippen LogP contribution < -0.4 is 26.8 Å². The number of benzene rings is 5. The van der Waals surface area contributed by atoms with E-state index in [9.17, 15) is 40.0 Å². The summed E-state index contributed by atoms with van der Waals surface area (Å²) >= 11 is 0. The van der Waals surface area contributed by atoms with E-state index in [0.29, 0.717) is 16.9 Å². The molecule has 4 amide bonds. The molecular formula is C48H51N9O11. The minimum Gasteiger partial charge on any atom is -0.507 e. The number of phenolic OH excluding ortho intramolecular Hbond substituents is 2. The Bertz CT molecular complexity index is 2650. The fourth-order valence-corrected chi connectivity index (χ4v) is 7.88. The summed E-state index contributed by atoms with van der Waals surface area (Å²) in [5.74, 6) is -4.43. The van der Waals surface area contributed by atoms with Crippen LogP contribution in [0.4, 0.5) is 11.4 Å².